The molecule has 38 heavy (non-hydrogen) atoms. The highest BCUT2D eigenvalue weighted by Crippen LogP contribution is 2.37. The van der Waals surface area contributed by atoms with Crippen LogP contribution in [-0.4, -0.2) is 30.0 Å². The molecule has 1 unspecified atom stereocenters. The number of nitrogens with zero attached hydrogens (tertiary/aromatic N) is 1. The minimum absolute atomic E-state index is 0.0229. The van der Waals surface area contributed by atoms with Crippen molar-refractivity contribution in [2.45, 2.75) is 51.7 Å². The Morgan fingerprint density at radius 2 is 1.61 bits per heavy atom. The van der Waals surface area contributed by atoms with Crippen molar-refractivity contribution < 1.29 is 40.6 Å². The molecule has 1 amide bonds. The van der Waals surface area contributed by atoms with Crippen molar-refractivity contribution in [3.63, 3.8) is 0 Å². The number of fused-ring (bicyclic) bond motifs is 1. The fourth-order valence-electron chi connectivity index (χ4n) is 3.68. The van der Waals surface area contributed by atoms with Gasteiger partial charge in [-0.3, -0.25) is 4.98 Å². The molecule has 1 heterocycles. The minimum Gasteiger partial charge on any atom is -0.494 e. The Labute approximate surface area is 222 Å². The minimum atomic E-state index is -5.00. The van der Waals surface area contributed by atoms with Crippen molar-refractivity contribution in [3.05, 3.63) is 69.1 Å². The van der Waals surface area contributed by atoms with E-state index in [9.17, 15) is 31.1 Å². The molecule has 0 radical (unpaired) electrons. The predicted molar refractivity (Wildman–Crippen MR) is 131 cm³/mol. The third-order valence-corrected chi connectivity index (χ3v) is 5.75. The number of hydrogen-bond acceptors (Lipinski definition) is 5. The van der Waals surface area contributed by atoms with E-state index in [4.69, 9.17) is 9.47 Å². The molecular weight excluding hydrogens is 584 g/mol. The molecule has 1 aromatic heterocycles. The first-order valence-electron chi connectivity index (χ1n) is 11.2. The topological polar surface area (TPSA) is 72.5 Å². The number of halogens is 7. The summed E-state index contributed by atoms with van der Waals surface area (Å²) in [6.45, 7) is 3.66. The highest BCUT2D eigenvalue weighted by Gasteiger charge is 2.44. The van der Waals surface area contributed by atoms with Crippen molar-refractivity contribution in [2.75, 3.05) is 7.11 Å². The maximum absolute atomic E-state index is 14.6. The number of amides is 1. The van der Waals surface area contributed by atoms with E-state index >= 15 is 0 Å². The van der Waals surface area contributed by atoms with Gasteiger partial charge in [0.15, 0.2) is 17.6 Å². The quantitative estimate of drug-likeness (QED) is 0.288. The van der Waals surface area contributed by atoms with Crippen LogP contribution in [-0.2, 0) is 17.8 Å². The monoisotopic (exact) mass is 607 g/mol. The van der Waals surface area contributed by atoms with Crippen molar-refractivity contribution in [1.29, 1.82) is 0 Å². The van der Waals surface area contributed by atoms with Crippen LogP contribution in [0.15, 0.2) is 34.9 Å². The van der Waals surface area contributed by atoms with Gasteiger partial charge in [-0.15, -0.1) is 0 Å². The molecule has 2 aromatic carbocycles. The van der Waals surface area contributed by atoms with Gasteiger partial charge in [0.1, 0.15) is 17.2 Å². The summed E-state index contributed by atoms with van der Waals surface area (Å²) < 4.78 is 95.8. The van der Waals surface area contributed by atoms with Gasteiger partial charge < -0.3 is 20.1 Å². The summed E-state index contributed by atoms with van der Waals surface area (Å²) in [6.07, 6.45) is -5.44. The van der Waals surface area contributed by atoms with E-state index < -0.39 is 60.0 Å². The third kappa shape index (κ3) is 7.07. The number of nitrogens with one attached hydrogen (secondary N) is 2. The van der Waals surface area contributed by atoms with Gasteiger partial charge in [-0.25, -0.2) is 18.0 Å². The van der Waals surface area contributed by atoms with Gasteiger partial charge in [0.25, 0.3) is 0 Å². The van der Waals surface area contributed by atoms with Gasteiger partial charge in [-0.1, -0.05) is 15.9 Å². The summed E-state index contributed by atoms with van der Waals surface area (Å²) in [5, 5.41) is 4.49. The summed E-state index contributed by atoms with van der Waals surface area (Å²) in [7, 11) is 1.22. The second kappa shape index (κ2) is 11.4. The highest BCUT2D eigenvalue weighted by atomic mass is 79.9. The van der Waals surface area contributed by atoms with E-state index in [1.807, 2.05) is 5.32 Å². The van der Waals surface area contributed by atoms with Gasteiger partial charge in [-0.2, -0.15) is 13.2 Å². The maximum atomic E-state index is 14.6. The fraction of sp³-hybridized carbons (Fsp3) is 0.360. The number of alkyl halides is 3. The lowest BCUT2D eigenvalue weighted by molar-refractivity contribution is -0.157. The first-order valence-corrected chi connectivity index (χ1v) is 12.0. The van der Waals surface area contributed by atoms with E-state index in [0.717, 1.165) is 24.4 Å². The van der Waals surface area contributed by atoms with E-state index in [1.54, 1.807) is 0 Å². The molecule has 2 N–H and O–H groups in total. The number of rotatable bonds is 7. The van der Waals surface area contributed by atoms with E-state index in [0.29, 0.717) is 0 Å². The largest absolute Gasteiger partial charge is 0.494 e. The molecule has 0 bridgehead atoms. The molecule has 0 aliphatic heterocycles. The lowest BCUT2D eigenvalue weighted by atomic mass is 9.97. The van der Waals surface area contributed by atoms with Crippen LogP contribution in [0.5, 0.6) is 5.75 Å². The van der Waals surface area contributed by atoms with Crippen LogP contribution < -0.4 is 15.4 Å². The Bertz CT molecular complexity index is 1320. The van der Waals surface area contributed by atoms with Crippen LogP contribution in [0, 0.1) is 17.5 Å². The van der Waals surface area contributed by atoms with Crippen LogP contribution in [0.1, 0.15) is 43.5 Å². The summed E-state index contributed by atoms with van der Waals surface area (Å²) >= 11 is 2.97. The van der Waals surface area contributed by atoms with Crippen LogP contribution >= 0.6 is 15.9 Å². The van der Waals surface area contributed by atoms with Gasteiger partial charge in [0, 0.05) is 46.3 Å². The highest BCUT2D eigenvalue weighted by molar-refractivity contribution is 9.10. The average Bonchev–Trinajstić information content (AvgIpc) is 2.77. The molecule has 0 spiro atoms. The van der Waals surface area contributed by atoms with Crippen LogP contribution in [0.2, 0.25) is 0 Å². The van der Waals surface area contributed by atoms with Crippen molar-refractivity contribution in [3.8, 4) is 5.75 Å². The average molecular weight is 608 g/mol. The second-order valence-corrected chi connectivity index (χ2v) is 10.2. The van der Waals surface area contributed by atoms with Crippen LogP contribution in [0.3, 0.4) is 0 Å². The van der Waals surface area contributed by atoms with E-state index in [1.165, 1.54) is 33.9 Å². The Morgan fingerprint density at radius 1 is 1.00 bits per heavy atom. The van der Waals surface area contributed by atoms with E-state index in [-0.39, 0.29) is 32.3 Å². The van der Waals surface area contributed by atoms with Crippen LogP contribution in [0.4, 0.5) is 31.1 Å². The molecule has 0 saturated heterocycles. The summed E-state index contributed by atoms with van der Waals surface area (Å²) in [5.41, 5.74) is -1.94. The molecule has 0 fully saturated rings. The number of benzene rings is 2. The molecule has 0 aliphatic carbocycles. The smallest absolute Gasteiger partial charge is 0.413 e. The molecule has 3 rings (SSSR count). The van der Waals surface area contributed by atoms with E-state index in [2.05, 4.69) is 26.2 Å². The van der Waals surface area contributed by atoms with Crippen LogP contribution in [0.25, 0.3) is 10.9 Å². The Balaban J connectivity index is 2.08. The zero-order chi connectivity index (χ0) is 28.4. The number of methoxy groups -OCH3 is 1. The molecule has 13 heteroatoms. The van der Waals surface area contributed by atoms with Gasteiger partial charge in [0.05, 0.1) is 12.6 Å². The summed E-state index contributed by atoms with van der Waals surface area (Å²) in [5.74, 6) is -2.80. The Hall–Kier alpha value is -3.06. The predicted octanol–water partition coefficient (Wildman–Crippen LogP) is 6.84. The maximum Gasteiger partial charge on any atom is 0.413 e. The lowest BCUT2D eigenvalue weighted by Crippen LogP contribution is -2.41. The number of hydrogen-bond donors (Lipinski definition) is 2. The van der Waals surface area contributed by atoms with Gasteiger partial charge in [-0.05, 0) is 44.5 Å². The zero-order valence-electron chi connectivity index (χ0n) is 20.7. The normalized spacial score (nSPS) is 12.9. The number of carbonyl (C=O) groups is 1. The number of ether oxygens (including phenoxy) is 2. The van der Waals surface area contributed by atoms with Crippen molar-refractivity contribution in [1.82, 2.24) is 15.6 Å². The fourth-order valence-corrected chi connectivity index (χ4v) is 4.08. The van der Waals surface area contributed by atoms with Crippen molar-refractivity contribution >= 4 is 32.9 Å². The standard InChI is InChI=1S/C25H24BrF6N3O3/c1-24(2,3)38-23(36)35-22(25(30,31)32)15-11-34-20-8-21(37-4)19(29)7-13(20)14(15)9-33-10-16-17(27)5-12(26)6-18(16)28/h5-8,11,22,33H,9-10H2,1-4H3,(H,35,36). The molecule has 0 saturated carbocycles. The SMILES string of the molecule is COc1cc2ncc(C(NC(=O)OC(C)(C)C)C(F)(F)F)c(CNCc3c(F)cc(Br)cc3F)c2cc1F. The molecule has 6 nitrogen and oxygen atoms in total. The second-order valence-electron chi connectivity index (χ2n) is 9.27. The number of pyridine rings is 1. The lowest BCUT2D eigenvalue weighted by Gasteiger charge is -2.27. The molecule has 206 valence electrons. The molecule has 3 aromatic rings. The zero-order valence-corrected chi connectivity index (χ0v) is 22.3. The molecule has 1 atom stereocenters. The van der Waals surface area contributed by atoms with Gasteiger partial charge in [0.2, 0.25) is 0 Å². The first kappa shape index (κ1) is 29.5. The summed E-state index contributed by atoms with van der Waals surface area (Å²) in [6, 6.07) is 1.65. The first-order chi connectivity index (χ1) is 17.6. The number of carbonyl (C=O) groups excluding carboxylic acids is 1. The summed E-state index contributed by atoms with van der Waals surface area (Å²) in [4.78, 5) is 16.3. The number of aromatic nitrogens is 1. The molecular formula is C25H24BrF6N3O3. The Kier molecular flexibility index (Phi) is 8.82. The van der Waals surface area contributed by atoms with Gasteiger partial charge >= 0.3 is 12.3 Å². The molecule has 0 aliphatic rings. The van der Waals surface area contributed by atoms with Crippen molar-refractivity contribution in [2.24, 2.45) is 0 Å². The Morgan fingerprint density at radius 3 is 2.16 bits per heavy atom. The third-order valence-electron chi connectivity index (χ3n) is 5.30. The number of alkyl carbamates (subject to hydrolysis) is 1.